The summed E-state index contributed by atoms with van der Waals surface area (Å²) in [5, 5.41) is 2.67. The first-order valence-electron chi connectivity index (χ1n) is 6.17. The largest absolute Gasteiger partial charge is 0.285 e. The van der Waals surface area contributed by atoms with Gasteiger partial charge in [-0.15, -0.1) is 0 Å². The van der Waals surface area contributed by atoms with Crippen molar-refractivity contribution >= 4 is 21.8 Å². The van der Waals surface area contributed by atoms with Crippen molar-refractivity contribution in [3.8, 4) is 0 Å². The summed E-state index contributed by atoms with van der Waals surface area (Å²) in [5.41, 5.74) is 2.76. The molecule has 0 bridgehead atoms. The molecule has 0 saturated heterocycles. The molecule has 17 heavy (non-hydrogen) atoms. The van der Waals surface area contributed by atoms with Gasteiger partial charge in [0.2, 0.25) is 0 Å². The first-order chi connectivity index (χ1) is 8.43. The van der Waals surface area contributed by atoms with E-state index in [0.717, 1.165) is 13.1 Å². The van der Waals surface area contributed by atoms with Gasteiger partial charge in [-0.05, 0) is 24.3 Å². The smallest absolute Gasteiger partial charge is 0.192 e. The van der Waals surface area contributed by atoms with Gasteiger partial charge in [0.15, 0.2) is 25.5 Å². The van der Waals surface area contributed by atoms with Crippen LogP contribution < -0.4 is 9.13 Å². The molecule has 82 valence electrons. The maximum Gasteiger partial charge on any atom is 0.285 e. The molecule has 0 spiro atoms. The molecule has 3 aromatic rings. The topological polar surface area (TPSA) is 7.76 Å². The van der Waals surface area contributed by atoms with Gasteiger partial charge in [0, 0.05) is 12.1 Å². The molecule has 0 N–H and O–H groups in total. The van der Waals surface area contributed by atoms with Crippen molar-refractivity contribution < 1.29 is 9.13 Å². The minimum absolute atomic E-state index is 1.11. The van der Waals surface area contributed by atoms with E-state index >= 15 is 0 Å². The average molecular weight is 222 g/mol. The van der Waals surface area contributed by atoms with E-state index in [4.69, 9.17) is 0 Å². The zero-order valence-electron chi connectivity index (χ0n) is 9.63. The SMILES string of the molecule is c1cc2ccc3ccc[n+]4c3c2[n+](c1)CCC4. The Hall–Kier alpha value is -1.96. The Morgan fingerprint density at radius 3 is 1.76 bits per heavy atom. The summed E-state index contributed by atoms with van der Waals surface area (Å²) in [5.74, 6) is 0. The lowest BCUT2D eigenvalue weighted by Crippen LogP contribution is -2.33. The van der Waals surface area contributed by atoms with Crippen LogP contribution in [-0.4, -0.2) is 0 Å². The van der Waals surface area contributed by atoms with Crippen LogP contribution in [0.15, 0.2) is 48.8 Å². The van der Waals surface area contributed by atoms with Crippen LogP contribution in [0.5, 0.6) is 0 Å². The highest BCUT2D eigenvalue weighted by Crippen LogP contribution is 2.20. The van der Waals surface area contributed by atoms with E-state index in [1.807, 2.05) is 0 Å². The van der Waals surface area contributed by atoms with E-state index in [2.05, 4.69) is 57.9 Å². The number of aryl methyl sites for hydroxylation is 2. The van der Waals surface area contributed by atoms with Crippen molar-refractivity contribution in [1.82, 2.24) is 0 Å². The summed E-state index contributed by atoms with van der Waals surface area (Å²) in [4.78, 5) is 0. The van der Waals surface area contributed by atoms with Gasteiger partial charge in [-0.3, -0.25) is 0 Å². The fourth-order valence-corrected chi connectivity index (χ4v) is 2.92. The second-order valence-corrected chi connectivity index (χ2v) is 4.70. The maximum absolute atomic E-state index is 2.39. The zero-order chi connectivity index (χ0) is 11.2. The predicted molar refractivity (Wildman–Crippen MR) is 66.5 cm³/mol. The van der Waals surface area contributed by atoms with Crippen LogP contribution in [0.3, 0.4) is 0 Å². The third kappa shape index (κ3) is 1.21. The second kappa shape index (κ2) is 3.27. The molecule has 2 heteroatoms. The minimum atomic E-state index is 1.11. The Labute approximate surface area is 99.7 Å². The average Bonchev–Trinajstić information content (AvgIpc) is 2.57. The van der Waals surface area contributed by atoms with E-state index in [0.29, 0.717) is 0 Å². The molecule has 2 nitrogen and oxygen atoms in total. The molecule has 0 atom stereocenters. The van der Waals surface area contributed by atoms with Gasteiger partial charge in [-0.1, -0.05) is 0 Å². The van der Waals surface area contributed by atoms with E-state index in [1.54, 1.807) is 0 Å². The van der Waals surface area contributed by atoms with Crippen LogP contribution in [0, 0.1) is 0 Å². The quantitative estimate of drug-likeness (QED) is 0.406. The Morgan fingerprint density at radius 1 is 0.706 bits per heavy atom. The summed E-state index contributed by atoms with van der Waals surface area (Å²) < 4.78 is 4.78. The third-order valence-corrected chi connectivity index (χ3v) is 3.67. The van der Waals surface area contributed by atoms with Crippen molar-refractivity contribution in [3.05, 3.63) is 48.8 Å². The maximum atomic E-state index is 2.39. The molecule has 4 rings (SSSR count). The monoisotopic (exact) mass is 222 g/mol. The molecule has 0 unspecified atom stereocenters. The normalized spacial score (nSPS) is 14.4. The van der Waals surface area contributed by atoms with Gasteiger partial charge in [-0.2, -0.15) is 9.13 Å². The zero-order valence-corrected chi connectivity index (χ0v) is 9.63. The molecule has 1 aliphatic heterocycles. The number of hydrogen-bond acceptors (Lipinski definition) is 0. The van der Waals surface area contributed by atoms with Crippen LogP contribution in [-0.2, 0) is 13.1 Å². The van der Waals surface area contributed by atoms with Crippen LogP contribution in [0.25, 0.3) is 21.8 Å². The van der Waals surface area contributed by atoms with E-state index in [1.165, 1.54) is 28.2 Å². The van der Waals surface area contributed by atoms with Crippen LogP contribution >= 0.6 is 0 Å². The van der Waals surface area contributed by atoms with Gasteiger partial charge in [0.1, 0.15) is 0 Å². The fourth-order valence-electron chi connectivity index (χ4n) is 2.92. The van der Waals surface area contributed by atoms with Crippen LogP contribution in [0.2, 0.25) is 0 Å². The lowest BCUT2D eigenvalue weighted by Gasteiger charge is -1.99. The summed E-state index contributed by atoms with van der Waals surface area (Å²) in [6.07, 6.45) is 5.59. The van der Waals surface area contributed by atoms with Crippen molar-refractivity contribution in [2.75, 3.05) is 0 Å². The molecule has 0 fully saturated rings. The van der Waals surface area contributed by atoms with Gasteiger partial charge < -0.3 is 0 Å². The molecule has 0 radical (unpaired) electrons. The lowest BCUT2D eigenvalue weighted by molar-refractivity contribution is -0.682. The summed E-state index contributed by atoms with van der Waals surface area (Å²) in [6.45, 7) is 2.22. The number of hydrogen-bond donors (Lipinski definition) is 0. The minimum Gasteiger partial charge on any atom is -0.192 e. The highest BCUT2D eigenvalue weighted by atomic mass is 15.0. The Bertz CT molecular complexity index is 669. The molecular weight excluding hydrogens is 208 g/mol. The number of benzene rings is 1. The third-order valence-electron chi connectivity index (χ3n) is 3.67. The Balaban J connectivity index is 2.35. The van der Waals surface area contributed by atoms with E-state index < -0.39 is 0 Å². The number of nitrogens with zero attached hydrogens (tertiary/aromatic N) is 2. The van der Waals surface area contributed by atoms with Gasteiger partial charge in [-0.25, -0.2) is 0 Å². The van der Waals surface area contributed by atoms with E-state index in [-0.39, 0.29) is 0 Å². The lowest BCUT2D eigenvalue weighted by atomic mass is 10.1. The Morgan fingerprint density at radius 2 is 1.24 bits per heavy atom. The number of pyridine rings is 2. The van der Waals surface area contributed by atoms with Crippen molar-refractivity contribution in [2.45, 2.75) is 19.5 Å². The second-order valence-electron chi connectivity index (χ2n) is 4.70. The van der Waals surface area contributed by atoms with Crippen molar-refractivity contribution in [3.63, 3.8) is 0 Å². The van der Waals surface area contributed by atoms with E-state index in [9.17, 15) is 0 Å². The summed E-state index contributed by atoms with van der Waals surface area (Å²) in [6, 6.07) is 13.1. The standard InChI is InChI=1S/C15H14N2/c1-4-12-6-7-13-5-2-9-17-11-3-10-16(8-1)14(12)15(13)17/h1-2,4-9H,3,10-11H2/q+2. The molecule has 0 amide bonds. The van der Waals surface area contributed by atoms with Crippen molar-refractivity contribution in [1.29, 1.82) is 0 Å². The fraction of sp³-hybridized carbons (Fsp3) is 0.200. The van der Waals surface area contributed by atoms with Crippen LogP contribution in [0.4, 0.5) is 0 Å². The summed E-state index contributed by atoms with van der Waals surface area (Å²) in [7, 11) is 0. The first kappa shape index (κ1) is 9.11. The molecule has 2 aromatic heterocycles. The Kier molecular flexibility index (Phi) is 1.75. The highest BCUT2D eigenvalue weighted by Gasteiger charge is 2.23. The molecule has 0 saturated carbocycles. The molecule has 0 aliphatic carbocycles. The molecule has 3 heterocycles. The first-order valence-corrected chi connectivity index (χ1v) is 6.17. The number of rotatable bonds is 0. The molecular formula is C15H14N2+2. The van der Waals surface area contributed by atoms with Gasteiger partial charge in [0.05, 0.1) is 17.2 Å². The predicted octanol–water partition coefficient (Wildman–Crippen LogP) is 1.97. The highest BCUT2D eigenvalue weighted by molar-refractivity contribution is 5.98. The van der Waals surface area contributed by atoms with Gasteiger partial charge in [0.25, 0.3) is 11.0 Å². The van der Waals surface area contributed by atoms with Crippen LogP contribution in [0.1, 0.15) is 6.42 Å². The summed E-state index contributed by atoms with van der Waals surface area (Å²) >= 11 is 0. The number of aromatic nitrogens is 2. The van der Waals surface area contributed by atoms with Crippen molar-refractivity contribution in [2.24, 2.45) is 0 Å². The van der Waals surface area contributed by atoms with Gasteiger partial charge >= 0.3 is 0 Å². The molecule has 1 aliphatic rings. The molecule has 1 aromatic carbocycles.